The summed E-state index contributed by atoms with van der Waals surface area (Å²) in [6.07, 6.45) is 0.758. The Morgan fingerprint density at radius 2 is 1.50 bits per heavy atom. The van der Waals surface area contributed by atoms with E-state index < -0.39 is 5.60 Å². The van der Waals surface area contributed by atoms with Crippen LogP contribution >= 0.6 is 34.8 Å². The average molecular weight is 491 g/mol. The zero-order valence-electron chi connectivity index (χ0n) is 18.2. The quantitative estimate of drug-likeness (QED) is 0.359. The molecule has 0 saturated carbocycles. The number of carbonyl (C=O) groups is 1. The minimum Gasteiger partial charge on any atom is -0.478 e. The highest BCUT2D eigenvalue weighted by molar-refractivity contribution is 6.34. The van der Waals surface area contributed by atoms with Gasteiger partial charge < -0.3 is 10.1 Å². The summed E-state index contributed by atoms with van der Waals surface area (Å²) < 4.78 is 5.95. The molecular formula is C26H26Cl3NO2. The third-order valence-electron chi connectivity index (χ3n) is 5.31. The van der Waals surface area contributed by atoms with E-state index in [1.54, 1.807) is 32.0 Å². The molecule has 32 heavy (non-hydrogen) atoms. The van der Waals surface area contributed by atoms with Crippen LogP contribution in [0.3, 0.4) is 0 Å². The van der Waals surface area contributed by atoms with Crippen molar-refractivity contribution in [2.75, 3.05) is 0 Å². The molecule has 0 aliphatic heterocycles. The second-order valence-electron chi connectivity index (χ2n) is 8.33. The van der Waals surface area contributed by atoms with E-state index in [1.807, 2.05) is 49.4 Å². The Labute approximate surface area is 204 Å². The molecule has 0 aliphatic carbocycles. The van der Waals surface area contributed by atoms with Gasteiger partial charge in [0, 0.05) is 27.0 Å². The smallest absolute Gasteiger partial charge is 0.263 e. The minimum absolute atomic E-state index is 0.0674. The summed E-state index contributed by atoms with van der Waals surface area (Å²) in [5, 5.41) is 4.74. The monoisotopic (exact) mass is 489 g/mol. The fraction of sp³-hybridized carbons (Fsp3) is 0.269. The molecular weight excluding hydrogens is 465 g/mol. The van der Waals surface area contributed by atoms with Crippen LogP contribution in [0.15, 0.2) is 72.8 Å². The molecule has 3 rings (SSSR count). The Kier molecular flexibility index (Phi) is 8.10. The summed E-state index contributed by atoms with van der Waals surface area (Å²) in [4.78, 5) is 13.2. The molecule has 1 amide bonds. The van der Waals surface area contributed by atoms with Gasteiger partial charge >= 0.3 is 0 Å². The normalized spacial score (nSPS) is 13.3. The van der Waals surface area contributed by atoms with Gasteiger partial charge in [-0.25, -0.2) is 0 Å². The van der Waals surface area contributed by atoms with Crippen molar-refractivity contribution in [3.8, 4) is 5.75 Å². The van der Waals surface area contributed by atoms with E-state index in [4.69, 9.17) is 39.5 Å². The van der Waals surface area contributed by atoms with Gasteiger partial charge in [0.05, 0.1) is 0 Å². The standard InChI is InChI=1S/C26H26Cl3NO2/c1-17(30-25(31)26(2,3)32-23-15-21(28)14-22(29)16-23)24(19-7-5-4-6-8-19)13-18-9-11-20(27)12-10-18/h4-12,14-17,24H,13H2,1-3H3,(H,30,31). The Bertz CT molecular complexity index is 1030. The largest absolute Gasteiger partial charge is 0.478 e. The highest BCUT2D eigenvalue weighted by Gasteiger charge is 2.33. The van der Waals surface area contributed by atoms with E-state index in [0.717, 1.165) is 17.5 Å². The van der Waals surface area contributed by atoms with Gasteiger partial charge in [-0.05, 0) is 68.7 Å². The van der Waals surface area contributed by atoms with Crippen LogP contribution in [0.1, 0.15) is 37.8 Å². The van der Waals surface area contributed by atoms with Crippen LogP contribution in [0, 0.1) is 0 Å². The SMILES string of the molecule is CC(NC(=O)C(C)(C)Oc1cc(Cl)cc(Cl)c1)C(Cc1ccc(Cl)cc1)c1ccccc1. The molecule has 0 spiro atoms. The van der Waals surface area contributed by atoms with Crippen molar-refractivity contribution in [3.63, 3.8) is 0 Å². The maximum Gasteiger partial charge on any atom is 0.263 e. The molecule has 0 aliphatic rings. The molecule has 168 valence electrons. The predicted molar refractivity (Wildman–Crippen MR) is 133 cm³/mol. The number of hydrogen-bond acceptors (Lipinski definition) is 2. The lowest BCUT2D eigenvalue weighted by molar-refractivity contribution is -0.135. The maximum absolute atomic E-state index is 13.2. The van der Waals surface area contributed by atoms with Crippen LogP contribution in [0.4, 0.5) is 0 Å². The summed E-state index contributed by atoms with van der Waals surface area (Å²) in [5.41, 5.74) is 1.17. The number of benzene rings is 3. The zero-order valence-corrected chi connectivity index (χ0v) is 20.5. The number of nitrogens with one attached hydrogen (secondary N) is 1. The first-order chi connectivity index (χ1) is 15.1. The summed E-state index contributed by atoms with van der Waals surface area (Å²) >= 11 is 18.2. The van der Waals surface area contributed by atoms with Crippen LogP contribution in [-0.2, 0) is 11.2 Å². The molecule has 0 radical (unpaired) electrons. The fourth-order valence-electron chi connectivity index (χ4n) is 3.57. The molecule has 0 fully saturated rings. The van der Waals surface area contributed by atoms with Gasteiger partial charge in [-0.1, -0.05) is 77.3 Å². The third-order valence-corrected chi connectivity index (χ3v) is 6.00. The summed E-state index contributed by atoms with van der Waals surface area (Å²) in [6, 6.07) is 22.7. The highest BCUT2D eigenvalue weighted by atomic mass is 35.5. The Morgan fingerprint density at radius 1 is 0.906 bits per heavy atom. The molecule has 6 heteroatoms. The molecule has 2 unspecified atom stereocenters. The van der Waals surface area contributed by atoms with Crippen molar-refractivity contribution >= 4 is 40.7 Å². The molecule has 0 heterocycles. The summed E-state index contributed by atoms with van der Waals surface area (Å²) in [7, 11) is 0. The van der Waals surface area contributed by atoms with Crippen LogP contribution in [0.5, 0.6) is 5.75 Å². The van der Waals surface area contributed by atoms with Gasteiger partial charge in [0.15, 0.2) is 5.60 Å². The lowest BCUT2D eigenvalue weighted by atomic mass is 9.86. The number of ether oxygens (including phenoxy) is 1. The van der Waals surface area contributed by atoms with Gasteiger partial charge in [-0.2, -0.15) is 0 Å². The van der Waals surface area contributed by atoms with Crippen molar-refractivity contribution in [2.24, 2.45) is 0 Å². The number of hydrogen-bond donors (Lipinski definition) is 1. The molecule has 0 aromatic heterocycles. The molecule has 1 N–H and O–H groups in total. The van der Waals surface area contributed by atoms with Crippen molar-refractivity contribution in [1.29, 1.82) is 0 Å². The minimum atomic E-state index is -1.12. The highest BCUT2D eigenvalue weighted by Crippen LogP contribution is 2.29. The van der Waals surface area contributed by atoms with Crippen LogP contribution in [0.2, 0.25) is 15.1 Å². The average Bonchev–Trinajstić information content (AvgIpc) is 2.72. The van der Waals surface area contributed by atoms with E-state index in [1.165, 1.54) is 0 Å². The Morgan fingerprint density at radius 3 is 2.09 bits per heavy atom. The van der Waals surface area contributed by atoms with E-state index in [2.05, 4.69) is 17.4 Å². The van der Waals surface area contributed by atoms with Crippen molar-refractivity contribution in [1.82, 2.24) is 5.32 Å². The number of amides is 1. The Balaban J connectivity index is 1.77. The van der Waals surface area contributed by atoms with Crippen molar-refractivity contribution in [3.05, 3.63) is 99.0 Å². The maximum atomic E-state index is 13.2. The zero-order chi connectivity index (χ0) is 23.3. The summed E-state index contributed by atoms with van der Waals surface area (Å²) in [5.74, 6) is 0.284. The Hall–Kier alpha value is -2.20. The second kappa shape index (κ2) is 10.6. The molecule has 3 aromatic carbocycles. The third kappa shape index (κ3) is 6.65. The van der Waals surface area contributed by atoms with Gasteiger partial charge in [-0.3, -0.25) is 4.79 Å². The fourth-order valence-corrected chi connectivity index (χ4v) is 4.20. The predicted octanol–water partition coefficient (Wildman–Crippen LogP) is 7.34. The lowest BCUT2D eigenvalue weighted by Gasteiger charge is -2.31. The van der Waals surface area contributed by atoms with Gasteiger partial charge in [0.25, 0.3) is 5.91 Å². The number of rotatable bonds is 8. The van der Waals surface area contributed by atoms with Crippen molar-refractivity contribution in [2.45, 2.75) is 44.8 Å². The van der Waals surface area contributed by atoms with Gasteiger partial charge in [0.1, 0.15) is 5.75 Å². The van der Waals surface area contributed by atoms with Crippen LogP contribution < -0.4 is 10.1 Å². The first-order valence-electron chi connectivity index (χ1n) is 10.4. The number of halogens is 3. The molecule has 3 nitrogen and oxygen atoms in total. The van der Waals surface area contributed by atoms with Crippen LogP contribution in [-0.4, -0.2) is 17.6 Å². The first kappa shape index (κ1) is 24.4. The topological polar surface area (TPSA) is 38.3 Å². The number of carbonyl (C=O) groups excluding carboxylic acids is 1. The van der Waals surface area contributed by atoms with Gasteiger partial charge in [-0.15, -0.1) is 0 Å². The van der Waals surface area contributed by atoms with Gasteiger partial charge in [0.2, 0.25) is 0 Å². The van der Waals surface area contributed by atoms with E-state index in [9.17, 15) is 4.79 Å². The molecule has 2 atom stereocenters. The van der Waals surface area contributed by atoms with Crippen molar-refractivity contribution < 1.29 is 9.53 Å². The lowest BCUT2D eigenvalue weighted by Crippen LogP contribution is -2.51. The molecule has 0 bridgehead atoms. The second-order valence-corrected chi connectivity index (χ2v) is 9.64. The van der Waals surface area contributed by atoms with E-state index >= 15 is 0 Å². The first-order valence-corrected chi connectivity index (χ1v) is 11.5. The van der Waals surface area contributed by atoms with E-state index in [0.29, 0.717) is 20.8 Å². The summed E-state index contributed by atoms with van der Waals surface area (Å²) in [6.45, 7) is 5.46. The molecule has 3 aromatic rings. The van der Waals surface area contributed by atoms with E-state index in [-0.39, 0.29) is 17.9 Å². The van der Waals surface area contributed by atoms with Crippen LogP contribution in [0.25, 0.3) is 0 Å². The molecule has 0 saturated heterocycles.